The van der Waals surface area contributed by atoms with Gasteiger partial charge in [-0.05, 0) is 25.0 Å². The third-order valence-corrected chi connectivity index (χ3v) is 4.80. The predicted octanol–water partition coefficient (Wildman–Crippen LogP) is 1.24. The van der Waals surface area contributed by atoms with E-state index in [1.165, 1.54) is 6.33 Å². The van der Waals surface area contributed by atoms with Crippen LogP contribution in [0.3, 0.4) is 0 Å². The second-order valence-electron chi connectivity index (χ2n) is 7.36. The van der Waals surface area contributed by atoms with Crippen LogP contribution in [0.1, 0.15) is 25.0 Å². The molecule has 2 heterocycles. The summed E-state index contributed by atoms with van der Waals surface area (Å²) in [6.07, 6.45) is 3.21. The van der Waals surface area contributed by atoms with E-state index in [4.69, 9.17) is 4.74 Å². The topological polar surface area (TPSA) is 84.3 Å². The van der Waals surface area contributed by atoms with Gasteiger partial charge >= 0.3 is 6.03 Å². The number of carbonyl (C=O) groups is 1. The number of nitrogens with one attached hydrogen (secondary N) is 2. The molecule has 8 heteroatoms. The highest BCUT2D eigenvalue weighted by Crippen LogP contribution is 2.15. The number of benzene rings is 1. The number of aromatic nitrogens is 3. The van der Waals surface area contributed by atoms with Crippen molar-refractivity contribution in [1.29, 1.82) is 0 Å². The summed E-state index contributed by atoms with van der Waals surface area (Å²) < 4.78 is 7.17. The molecular weight excluding hydrogens is 344 g/mol. The summed E-state index contributed by atoms with van der Waals surface area (Å²) in [7, 11) is 0. The van der Waals surface area contributed by atoms with Crippen LogP contribution in [0.4, 0.5) is 4.79 Å². The minimum Gasteiger partial charge on any atom is -0.379 e. The lowest BCUT2D eigenvalue weighted by molar-refractivity contribution is -0.00874. The van der Waals surface area contributed by atoms with E-state index in [-0.39, 0.29) is 11.6 Å². The lowest BCUT2D eigenvalue weighted by atomic mass is 10.0. The molecule has 1 aromatic carbocycles. The molecule has 1 aliphatic rings. The number of hydrogen-bond donors (Lipinski definition) is 2. The smallest absolute Gasteiger partial charge is 0.315 e. The van der Waals surface area contributed by atoms with Gasteiger partial charge in [0.2, 0.25) is 0 Å². The van der Waals surface area contributed by atoms with Crippen molar-refractivity contribution >= 4 is 6.03 Å². The number of hydrogen-bond acceptors (Lipinski definition) is 5. The second kappa shape index (κ2) is 8.96. The van der Waals surface area contributed by atoms with Gasteiger partial charge in [-0.1, -0.05) is 24.3 Å². The summed E-state index contributed by atoms with van der Waals surface area (Å²) in [5, 5.41) is 10.0. The molecule has 0 spiro atoms. The van der Waals surface area contributed by atoms with E-state index in [2.05, 4.69) is 45.5 Å². The summed E-state index contributed by atoms with van der Waals surface area (Å²) in [6, 6.07) is 7.94. The molecule has 3 rings (SSSR count). The van der Waals surface area contributed by atoms with E-state index in [0.717, 1.165) is 37.4 Å². The van der Waals surface area contributed by atoms with Crippen molar-refractivity contribution in [2.45, 2.75) is 32.5 Å². The Bertz CT molecular complexity index is 726. The molecule has 0 aliphatic carbocycles. The van der Waals surface area contributed by atoms with Gasteiger partial charge in [0.1, 0.15) is 12.7 Å². The molecule has 0 bridgehead atoms. The largest absolute Gasteiger partial charge is 0.379 e. The van der Waals surface area contributed by atoms with Gasteiger partial charge in [-0.2, -0.15) is 5.10 Å². The second-order valence-corrected chi connectivity index (χ2v) is 7.36. The first-order valence-electron chi connectivity index (χ1n) is 9.28. The Labute approximate surface area is 159 Å². The van der Waals surface area contributed by atoms with Crippen LogP contribution in [0.5, 0.6) is 0 Å². The molecule has 0 atom stereocenters. The summed E-state index contributed by atoms with van der Waals surface area (Å²) in [6.45, 7) is 9.32. The van der Waals surface area contributed by atoms with Crippen LogP contribution >= 0.6 is 0 Å². The van der Waals surface area contributed by atoms with Gasteiger partial charge < -0.3 is 15.4 Å². The van der Waals surface area contributed by atoms with E-state index in [1.807, 2.05) is 18.2 Å². The molecule has 8 nitrogen and oxygen atoms in total. The molecule has 2 amide bonds. The zero-order chi connectivity index (χ0) is 19.1. The number of carbonyl (C=O) groups excluding carboxylic acids is 1. The van der Waals surface area contributed by atoms with Gasteiger partial charge in [0.25, 0.3) is 0 Å². The number of amides is 2. The van der Waals surface area contributed by atoms with Crippen LogP contribution in [0.2, 0.25) is 0 Å². The highest BCUT2D eigenvalue weighted by atomic mass is 16.5. The van der Waals surface area contributed by atoms with Crippen molar-refractivity contribution in [3.05, 3.63) is 48.0 Å². The van der Waals surface area contributed by atoms with Crippen LogP contribution < -0.4 is 10.6 Å². The van der Waals surface area contributed by atoms with E-state index < -0.39 is 0 Å². The van der Waals surface area contributed by atoms with Crippen LogP contribution in [0.25, 0.3) is 0 Å². The monoisotopic (exact) mass is 372 g/mol. The summed E-state index contributed by atoms with van der Waals surface area (Å²) >= 11 is 0. The first-order valence-corrected chi connectivity index (χ1v) is 9.28. The van der Waals surface area contributed by atoms with Gasteiger partial charge in [-0.25, -0.2) is 14.5 Å². The van der Waals surface area contributed by atoms with Gasteiger partial charge in [-0.3, -0.25) is 4.90 Å². The Morgan fingerprint density at radius 1 is 1.22 bits per heavy atom. The van der Waals surface area contributed by atoms with Crippen molar-refractivity contribution < 1.29 is 9.53 Å². The molecule has 2 aromatic rings. The zero-order valence-electron chi connectivity index (χ0n) is 16.0. The Balaban J connectivity index is 1.44. The summed E-state index contributed by atoms with van der Waals surface area (Å²) in [5.74, 6) is 0. The number of rotatable bonds is 7. The molecule has 0 unspecified atom stereocenters. The molecule has 1 fully saturated rings. The van der Waals surface area contributed by atoms with Crippen molar-refractivity contribution in [3.63, 3.8) is 0 Å². The molecule has 0 radical (unpaired) electrons. The Morgan fingerprint density at radius 2 is 2.00 bits per heavy atom. The maximum absolute atomic E-state index is 12.2. The maximum Gasteiger partial charge on any atom is 0.315 e. The van der Waals surface area contributed by atoms with Gasteiger partial charge in [0.15, 0.2) is 0 Å². The SMILES string of the molecule is CC(C)(CNC(=O)NCc1cccc(Cn2cncn2)c1)N1CCOCC1. The average Bonchev–Trinajstić information content (AvgIpc) is 3.19. The molecular formula is C19H28N6O2. The number of morpholine rings is 1. The molecule has 0 saturated carbocycles. The quantitative estimate of drug-likeness (QED) is 0.764. The molecule has 1 aromatic heterocycles. The van der Waals surface area contributed by atoms with E-state index in [1.54, 1.807) is 11.0 Å². The molecule has 1 aliphatic heterocycles. The minimum atomic E-state index is -0.155. The predicted molar refractivity (Wildman–Crippen MR) is 102 cm³/mol. The fourth-order valence-corrected chi connectivity index (χ4v) is 3.16. The molecule has 146 valence electrons. The van der Waals surface area contributed by atoms with Crippen molar-refractivity contribution in [2.24, 2.45) is 0 Å². The van der Waals surface area contributed by atoms with Crippen molar-refractivity contribution in [3.8, 4) is 0 Å². The highest BCUT2D eigenvalue weighted by molar-refractivity contribution is 5.73. The lowest BCUT2D eigenvalue weighted by Gasteiger charge is -2.40. The van der Waals surface area contributed by atoms with E-state index in [9.17, 15) is 4.79 Å². The zero-order valence-corrected chi connectivity index (χ0v) is 16.0. The van der Waals surface area contributed by atoms with Gasteiger partial charge in [0.05, 0.1) is 19.8 Å². The lowest BCUT2D eigenvalue weighted by Crippen LogP contribution is -2.56. The number of nitrogens with zero attached hydrogens (tertiary/aromatic N) is 4. The van der Waals surface area contributed by atoms with Crippen LogP contribution in [0.15, 0.2) is 36.9 Å². The minimum absolute atomic E-state index is 0.0984. The molecule has 27 heavy (non-hydrogen) atoms. The summed E-state index contributed by atoms with van der Waals surface area (Å²) in [4.78, 5) is 18.5. The standard InChI is InChI=1S/C19H28N6O2/c1-19(2,24-6-8-27-9-7-24)13-22-18(26)21-11-16-4-3-5-17(10-16)12-25-15-20-14-23-25/h3-5,10,14-15H,6-9,11-13H2,1-2H3,(H2,21,22,26). The molecule has 2 N–H and O–H groups in total. The first-order chi connectivity index (χ1) is 13.0. The normalized spacial score (nSPS) is 15.5. The Morgan fingerprint density at radius 3 is 2.74 bits per heavy atom. The van der Waals surface area contributed by atoms with Crippen LogP contribution in [-0.4, -0.2) is 64.1 Å². The fraction of sp³-hybridized carbons (Fsp3) is 0.526. The number of ether oxygens (including phenoxy) is 1. The van der Waals surface area contributed by atoms with Crippen LogP contribution in [-0.2, 0) is 17.8 Å². The molecule has 1 saturated heterocycles. The average molecular weight is 372 g/mol. The van der Waals surface area contributed by atoms with Crippen LogP contribution in [0, 0.1) is 0 Å². The van der Waals surface area contributed by atoms with E-state index in [0.29, 0.717) is 19.6 Å². The van der Waals surface area contributed by atoms with Crippen molar-refractivity contribution in [2.75, 3.05) is 32.8 Å². The third kappa shape index (κ3) is 5.77. The Kier molecular flexibility index (Phi) is 6.41. The maximum atomic E-state index is 12.2. The van der Waals surface area contributed by atoms with E-state index >= 15 is 0 Å². The van der Waals surface area contributed by atoms with Crippen molar-refractivity contribution in [1.82, 2.24) is 30.3 Å². The van der Waals surface area contributed by atoms with Gasteiger partial charge in [0, 0.05) is 31.7 Å². The first kappa shape index (κ1) is 19.3. The Hall–Kier alpha value is -2.45. The number of urea groups is 1. The van der Waals surface area contributed by atoms with Gasteiger partial charge in [-0.15, -0.1) is 0 Å². The fourth-order valence-electron chi connectivity index (χ4n) is 3.16. The highest BCUT2D eigenvalue weighted by Gasteiger charge is 2.28. The summed E-state index contributed by atoms with van der Waals surface area (Å²) in [5.41, 5.74) is 2.07. The third-order valence-electron chi connectivity index (χ3n) is 4.80.